The van der Waals surface area contributed by atoms with Gasteiger partial charge in [0.1, 0.15) is 0 Å². The van der Waals surface area contributed by atoms with E-state index in [9.17, 15) is 0 Å². The van der Waals surface area contributed by atoms with E-state index >= 15 is 0 Å². The van der Waals surface area contributed by atoms with Crippen LogP contribution in [0.3, 0.4) is 0 Å². The number of benzene rings is 3. The van der Waals surface area contributed by atoms with Crippen molar-refractivity contribution in [3.63, 3.8) is 0 Å². The fourth-order valence-corrected chi connectivity index (χ4v) is 13.8. The van der Waals surface area contributed by atoms with Crippen molar-refractivity contribution in [3.8, 4) is 0 Å². The summed E-state index contributed by atoms with van der Waals surface area (Å²) >= 11 is 6.69. The molecule has 2 heterocycles. The minimum atomic E-state index is -2.13. The fourth-order valence-electron chi connectivity index (χ4n) is 5.43. The third kappa shape index (κ3) is 4.26. The number of nitrogens with zero attached hydrogens (tertiary/aromatic N) is 1. The van der Waals surface area contributed by atoms with Crippen molar-refractivity contribution in [2.24, 2.45) is 0 Å². The van der Waals surface area contributed by atoms with E-state index in [2.05, 4.69) is 101 Å². The van der Waals surface area contributed by atoms with Gasteiger partial charge in [-0.25, -0.2) is 0 Å². The number of fused-ring (bicyclic) bond motifs is 2. The second-order valence-electron chi connectivity index (χ2n) is 9.35. The monoisotopic (exact) mass is 481 g/mol. The van der Waals surface area contributed by atoms with Crippen molar-refractivity contribution in [1.82, 2.24) is 15.5 Å². The molecule has 2 fully saturated rings. The predicted molar refractivity (Wildman–Crippen MR) is 147 cm³/mol. The fraction of sp³-hybridized carbons (Fsp3) is 0.308. The number of hydrogen-bond donors (Lipinski definition) is 2. The molecule has 168 valence electrons. The molecule has 0 amide bonds. The van der Waals surface area contributed by atoms with Gasteiger partial charge in [0.05, 0.1) is 0 Å². The zero-order chi connectivity index (χ0) is 22.0. The van der Waals surface area contributed by atoms with Crippen LogP contribution in [0.15, 0.2) is 78.9 Å². The molecule has 0 aromatic heterocycles. The molecule has 2 aliphatic heterocycles. The van der Waals surface area contributed by atoms with E-state index in [0.717, 1.165) is 19.8 Å². The van der Waals surface area contributed by atoms with Gasteiger partial charge in [-0.1, -0.05) is 0 Å². The summed E-state index contributed by atoms with van der Waals surface area (Å²) in [6, 6.07) is 26.4. The Labute approximate surface area is 198 Å². The standard InChI is InChI=1S/C26H33N3P2S/c1-22-9-8-14-26(25(22)15-16-30-19-27-17-29(21-30)18-28-20-30)31(32,23-10-4-2-5-11-23)24-12-6-3-7-13-24/h2-14,27-28,30H,15-21H2,1H3. The Morgan fingerprint density at radius 1 is 0.844 bits per heavy atom. The first-order valence-corrected chi connectivity index (χ1v) is 17.2. The van der Waals surface area contributed by atoms with Crippen molar-refractivity contribution in [2.75, 3.05) is 38.4 Å². The molecule has 6 heteroatoms. The molecule has 2 aliphatic rings. The molecule has 0 unspecified atom stereocenters. The Bertz CT molecular complexity index is 1070. The van der Waals surface area contributed by atoms with Gasteiger partial charge in [-0.05, 0) is 0 Å². The van der Waals surface area contributed by atoms with E-state index in [1.807, 2.05) is 0 Å². The maximum absolute atomic E-state index is 6.69. The summed E-state index contributed by atoms with van der Waals surface area (Å²) < 4.78 is 0. The topological polar surface area (TPSA) is 27.3 Å². The number of rotatable bonds is 6. The van der Waals surface area contributed by atoms with Crippen LogP contribution in [0.5, 0.6) is 0 Å². The van der Waals surface area contributed by atoms with Gasteiger partial charge in [-0.3, -0.25) is 0 Å². The Morgan fingerprint density at radius 3 is 2.03 bits per heavy atom. The third-order valence-electron chi connectivity index (χ3n) is 7.10. The molecule has 0 atom stereocenters. The summed E-state index contributed by atoms with van der Waals surface area (Å²) in [6.07, 6.45) is 6.20. The van der Waals surface area contributed by atoms with Crippen LogP contribution >= 0.6 is 13.3 Å². The molecule has 2 N–H and O–H groups in total. The van der Waals surface area contributed by atoms with Crippen LogP contribution in [0.2, 0.25) is 0 Å². The summed E-state index contributed by atoms with van der Waals surface area (Å²) in [5, 5.41) is 11.4. The second kappa shape index (κ2) is 9.47. The summed E-state index contributed by atoms with van der Waals surface area (Å²) in [6.45, 7) is 4.33. The first-order chi connectivity index (χ1) is 15.6. The molecular formula is C26H33N3P2S. The van der Waals surface area contributed by atoms with Crippen molar-refractivity contribution < 1.29 is 0 Å². The van der Waals surface area contributed by atoms with Crippen LogP contribution in [-0.4, -0.2) is 43.3 Å². The molecule has 5 rings (SSSR count). The van der Waals surface area contributed by atoms with Crippen LogP contribution in [0.4, 0.5) is 0 Å². The van der Waals surface area contributed by atoms with E-state index in [1.54, 1.807) is 0 Å². The van der Waals surface area contributed by atoms with Crippen molar-refractivity contribution in [2.45, 2.75) is 13.3 Å². The first-order valence-electron chi connectivity index (χ1n) is 11.5. The minimum absolute atomic E-state index is 1.03. The molecule has 32 heavy (non-hydrogen) atoms. The van der Waals surface area contributed by atoms with Gasteiger partial charge in [0.15, 0.2) is 0 Å². The maximum atomic E-state index is 6.69. The average Bonchev–Trinajstić information content (AvgIpc) is 2.84. The van der Waals surface area contributed by atoms with Crippen LogP contribution in [-0.2, 0) is 18.2 Å². The molecule has 3 aromatic carbocycles. The molecule has 2 bridgehead atoms. The number of aryl methyl sites for hydroxylation is 1. The molecule has 2 saturated heterocycles. The average molecular weight is 482 g/mol. The van der Waals surface area contributed by atoms with Gasteiger partial charge >= 0.3 is 198 Å². The number of nitrogens with one attached hydrogen (secondary N) is 2. The third-order valence-corrected chi connectivity index (χ3v) is 16.5. The van der Waals surface area contributed by atoms with E-state index in [0.29, 0.717) is 0 Å². The molecule has 3 aromatic rings. The van der Waals surface area contributed by atoms with Crippen LogP contribution in [0.25, 0.3) is 0 Å². The summed E-state index contributed by atoms with van der Waals surface area (Å²) in [5.41, 5.74) is 2.88. The van der Waals surface area contributed by atoms with Crippen LogP contribution in [0, 0.1) is 6.92 Å². The van der Waals surface area contributed by atoms with Crippen molar-refractivity contribution in [3.05, 3.63) is 90.0 Å². The SMILES string of the molecule is Cc1cccc(P(=S)(c2ccccc2)c2ccccc2)c1CC[PH]12CNCN(CNC1)C2. The van der Waals surface area contributed by atoms with Gasteiger partial charge in [0.25, 0.3) is 0 Å². The predicted octanol–water partition coefficient (Wildman–Crippen LogP) is 3.34. The Balaban J connectivity index is 1.57. The molecule has 0 saturated carbocycles. The van der Waals surface area contributed by atoms with E-state index in [-0.39, 0.29) is 0 Å². The summed E-state index contributed by atoms with van der Waals surface area (Å²) in [7, 11) is -1.40. The number of hydrogen-bond acceptors (Lipinski definition) is 4. The van der Waals surface area contributed by atoms with Crippen molar-refractivity contribution >= 4 is 41.0 Å². The van der Waals surface area contributed by atoms with Crippen molar-refractivity contribution in [1.29, 1.82) is 0 Å². The van der Waals surface area contributed by atoms with Gasteiger partial charge in [-0.2, -0.15) is 0 Å². The van der Waals surface area contributed by atoms with Crippen LogP contribution in [0.1, 0.15) is 11.1 Å². The second-order valence-corrected chi connectivity index (χ2v) is 18.3. The molecular weight excluding hydrogens is 448 g/mol. The quantitative estimate of drug-likeness (QED) is 0.529. The van der Waals surface area contributed by atoms with Gasteiger partial charge in [0, 0.05) is 0 Å². The molecule has 0 radical (unpaired) electrons. The van der Waals surface area contributed by atoms with Gasteiger partial charge < -0.3 is 0 Å². The first kappa shape index (κ1) is 22.4. The Hall–Kier alpha value is -1.38. The zero-order valence-electron chi connectivity index (χ0n) is 18.8. The summed E-state index contributed by atoms with van der Waals surface area (Å²) in [4.78, 5) is 2.55. The van der Waals surface area contributed by atoms with E-state index in [1.165, 1.54) is 52.1 Å². The Kier molecular flexibility index (Phi) is 6.63. The molecule has 0 aliphatic carbocycles. The molecule has 0 spiro atoms. The Morgan fingerprint density at radius 2 is 1.44 bits per heavy atom. The zero-order valence-corrected chi connectivity index (χ0v) is 21.5. The molecule has 3 nitrogen and oxygen atoms in total. The summed E-state index contributed by atoms with van der Waals surface area (Å²) in [5.74, 6) is 0. The van der Waals surface area contributed by atoms with Gasteiger partial charge in [0.2, 0.25) is 0 Å². The van der Waals surface area contributed by atoms with E-state index < -0.39 is 13.3 Å². The van der Waals surface area contributed by atoms with Gasteiger partial charge in [-0.15, -0.1) is 0 Å². The van der Waals surface area contributed by atoms with Crippen LogP contribution < -0.4 is 26.5 Å². The normalized spacial score (nSPS) is 21.1. The van der Waals surface area contributed by atoms with E-state index in [4.69, 9.17) is 11.8 Å².